The summed E-state index contributed by atoms with van der Waals surface area (Å²) in [6.07, 6.45) is 0.303. The zero-order valence-electron chi connectivity index (χ0n) is 13.2. The number of unbranched alkanes of at least 4 members (excludes halogenated alkanes) is 1. The zero-order valence-corrected chi connectivity index (χ0v) is 13.2. The van der Waals surface area contributed by atoms with E-state index in [-0.39, 0.29) is 12.4 Å². The fourth-order valence-electron chi connectivity index (χ4n) is 1.97. The summed E-state index contributed by atoms with van der Waals surface area (Å²) < 4.78 is 15.9. The van der Waals surface area contributed by atoms with Crippen LogP contribution in [0.4, 0.5) is 0 Å². The van der Waals surface area contributed by atoms with Gasteiger partial charge in [0.15, 0.2) is 0 Å². The fraction of sp³-hybridized carbons (Fsp3) is 0.389. The van der Waals surface area contributed by atoms with E-state index in [1.54, 1.807) is 12.1 Å². The third kappa shape index (κ3) is 5.54. The highest BCUT2D eigenvalue weighted by atomic mass is 16.5. The molecule has 0 spiro atoms. The first-order valence-electron chi connectivity index (χ1n) is 7.75. The average molecular weight is 318 g/mol. The minimum atomic E-state index is -1.39. The third-order valence-electron chi connectivity index (χ3n) is 3.27. The number of ether oxygens (including phenoxy) is 2. The Morgan fingerprint density at radius 1 is 1.17 bits per heavy atom. The van der Waals surface area contributed by atoms with Crippen LogP contribution in [0.2, 0.25) is 0 Å². The standard InChI is InChI=1S/C18H22O5/c1-2-3-11-22-18(20)17(19)16-10-9-15(23-16)13-21-12-14-7-5-4-6-8-14/h4-10,17,19H,2-3,11-13H2,1H3/t17-/m1/s1. The number of furan rings is 1. The van der Waals surface area contributed by atoms with Gasteiger partial charge in [-0.15, -0.1) is 0 Å². The highest BCUT2D eigenvalue weighted by Crippen LogP contribution is 2.19. The van der Waals surface area contributed by atoms with Crippen molar-refractivity contribution in [1.82, 2.24) is 0 Å². The predicted octanol–water partition coefficient (Wildman–Crippen LogP) is 3.37. The van der Waals surface area contributed by atoms with E-state index in [2.05, 4.69) is 0 Å². The molecular weight excluding hydrogens is 296 g/mol. The lowest BCUT2D eigenvalue weighted by Crippen LogP contribution is -2.15. The molecule has 124 valence electrons. The summed E-state index contributed by atoms with van der Waals surface area (Å²) in [6.45, 7) is 3.05. The van der Waals surface area contributed by atoms with Gasteiger partial charge in [-0.3, -0.25) is 0 Å². The summed E-state index contributed by atoms with van der Waals surface area (Å²) in [6, 6.07) is 13.0. The van der Waals surface area contributed by atoms with Gasteiger partial charge < -0.3 is 19.0 Å². The number of hydrogen-bond donors (Lipinski definition) is 1. The van der Waals surface area contributed by atoms with Crippen LogP contribution >= 0.6 is 0 Å². The number of carbonyl (C=O) groups excluding carboxylic acids is 1. The molecule has 0 saturated carbocycles. The molecule has 0 fully saturated rings. The van der Waals surface area contributed by atoms with Crippen molar-refractivity contribution in [1.29, 1.82) is 0 Å². The van der Waals surface area contributed by atoms with Gasteiger partial charge in [0.25, 0.3) is 0 Å². The SMILES string of the molecule is CCCCOC(=O)[C@H](O)c1ccc(COCc2ccccc2)o1. The Labute approximate surface area is 135 Å². The van der Waals surface area contributed by atoms with Gasteiger partial charge in [-0.05, 0) is 24.1 Å². The molecule has 0 saturated heterocycles. The zero-order chi connectivity index (χ0) is 16.5. The largest absolute Gasteiger partial charge is 0.463 e. The number of hydrogen-bond acceptors (Lipinski definition) is 5. The normalized spacial score (nSPS) is 12.1. The maximum Gasteiger partial charge on any atom is 0.342 e. The second kappa shape index (κ2) is 9.12. The smallest absolute Gasteiger partial charge is 0.342 e. The first-order chi connectivity index (χ1) is 11.2. The van der Waals surface area contributed by atoms with Crippen molar-refractivity contribution in [3.63, 3.8) is 0 Å². The van der Waals surface area contributed by atoms with Crippen molar-refractivity contribution < 1.29 is 23.8 Å². The molecule has 0 aliphatic carbocycles. The highest BCUT2D eigenvalue weighted by Gasteiger charge is 2.22. The van der Waals surface area contributed by atoms with E-state index >= 15 is 0 Å². The van der Waals surface area contributed by atoms with E-state index in [0.717, 1.165) is 18.4 Å². The molecule has 1 aromatic heterocycles. The molecule has 0 aliphatic rings. The Bertz CT molecular complexity index is 590. The van der Waals surface area contributed by atoms with Gasteiger partial charge in [0.05, 0.1) is 13.2 Å². The second-order valence-electron chi connectivity index (χ2n) is 5.21. The van der Waals surface area contributed by atoms with Crippen LogP contribution in [0.25, 0.3) is 0 Å². The fourth-order valence-corrected chi connectivity index (χ4v) is 1.97. The molecule has 1 aromatic carbocycles. The molecule has 0 aliphatic heterocycles. The summed E-state index contributed by atoms with van der Waals surface area (Å²) in [7, 11) is 0. The molecule has 1 heterocycles. The van der Waals surface area contributed by atoms with Crippen LogP contribution in [0.15, 0.2) is 46.9 Å². The topological polar surface area (TPSA) is 68.9 Å². The lowest BCUT2D eigenvalue weighted by Gasteiger charge is -2.08. The molecule has 5 nitrogen and oxygen atoms in total. The minimum Gasteiger partial charge on any atom is -0.463 e. The van der Waals surface area contributed by atoms with Gasteiger partial charge in [0.1, 0.15) is 18.1 Å². The molecule has 5 heteroatoms. The minimum absolute atomic E-state index is 0.171. The number of esters is 1. The van der Waals surface area contributed by atoms with Crippen molar-refractivity contribution >= 4 is 5.97 Å². The molecule has 0 unspecified atom stereocenters. The number of aliphatic hydroxyl groups is 1. The lowest BCUT2D eigenvalue weighted by atomic mass is 10.2. The number of benzene rings is 1. The number of rotatable bonds is 9. The second-order valence-corrected chi connectivity index (χ2v) is 5.21. The van der Waals surface area contributed by atoms with Gasteiger partial charge in [-0.1, -0.05) is 43.7 Å². The maximum absolute atomic E-state index is 11.7. The molecule has 2 aromatic rings. The molecule has 23 heavy (non-hydrogen) atoms. The maximum atomic E-state index is 11.7. The number of aliphatic hydroxyl groups excluding tert-OH is 1. The summed E-state index contributed by atoms with van der Waals surface area (Å²) in [4.78, 5) is 11.7. The van der Waals surface area contributed by atoms with Crippen molar-refractivity contribution in [2.45, 2.75) is 39.1 Å². The van der Waals surface area contributed by atoms with Crippen LogP contribution in [0.5, 0.6) is 0 Å². The van der Waals surface area contributed by atoms with Crippen LogP contribution < -0.4 is 0 Å². The molecule has 0 amide bonds. The van der Waals surface area contributed by atoms with E-state index in [0.29, 0.717) is 19.0 Å². The molecule has 1 atom stereocenters. The lowest BCUT2D eigenvalue weighted by molar-refractivity contribution is -0.155. The molecular formula is C18H22O5. The third-order valence-corrected chi connectivity index (χ3v) is 3.27. The van der Waals surface area contributed by atoms with Crippen molar-refractivity contribution in [2.24, 2.45) is 0 Å². The molecule has 0 bridgehead atoms. The van der Waals surface area contributed by atoms with Crippen molar-refractivity contribution in [3.8, 4) is 0 Å². The van der Waals surface area contributed by atoms with Gasteiger partial charge >= 0.3 is 5.97 Å². The Kier molecular flexibility index (Phi) is 6.84. The van der Waals surface area contributed by atoms with Crippen molar-refractivity contribution in [2.75, 3.05) is 6.61 Å². The van der Waals surface area contributed by atoms with E-state index in [1.165, 1.54) is 0 Å². The van der Waals surface area contributed by atoms with E-state index in [4.69, 9.17) is 13.9 Å². The van der Waals surface area contributed by atoms with Crippen LogP contribution in [0.1, 0.15) is 43.0 Å². The predicted molar refractivity (Wildman–Crippen MR) is 84.5 cm³/mol. The highest BCUT2D eigenvalue weighted by molar-refractivity contribution is 5.75. The number of carbonyl (C=O) groups is 1. The first-order valence-corrected chi connectivity index (χ1v) is 7.75. The first kappa shape index (κ1) is 17.2. The Morgan fingerprint density at radius 2 is 1.96 bits per heavy atom. The van der Waals surface area contributed by atoms with Gasteiger partial charge in [0.2, 0.25) is 6.10 Å². The van der Waals surface area contributed by atoms with Crippen LogP contribution in [-0.2, 0) is 27.5 Å². The van der Waals surface area contributed by atoms with Crippen LogP contribution in [0, 0.1) is 0 Å². The summed E-state index contributed by atoms with van der Waals surface area (Å²) in [5.74, 6) is 0.0331. The summed E-state index contributed by atoms with van der Waals surface area (Å²) >= 11 is 0. The summed E-state index contributed by atoms with van der Waals surface area (Å²) in [5.41, 5.74) is 1.07. The quantitative estimate of drug-likeness (QED) is 0.567. The van der Waals surface area contributed by atoms with Gasteiger partial charge in [-0.2, -0.15) is 0 Å². The molecule has 0 radical (unpaired) electrons. The van der Waals surface area contributed by atoms with E-state index < -0.39 is 12.1 Å². The Hall–Kier alpha value is -2.11. The van der Waals surface area contributed by atoms with Crippen molar-refractivity contribution in [3.05, 3.63) is 59.5 Å². The molecule has 1 N–H and O–H groups in total. The van der Waals surface area contributed by atoms with Gasteiger partial charge in [-0.25, -0.2) is 4.79 Å². The van der Waals surface area contributed by atoms with Crippen LogP contribution in [-0.4, -0.2) is 17.7 Å². The van der Waals surface area contributed by atoms with Gasteiger partial charge in [0, 0.05) is 0 Å². The Morgan fingerprint density at radius 3 is 2.70 bits per heavy atom. The van der Waals surface area contributed by atoms with Crippen LogP contribution in [0.3, 0.4) is 0 Å². The van der Waals surface area contributed by atoms with E-state index in [9.17, 15) is 9.90 Å². The molecule has 2 rings (SSSR count). The summed E-state index contributed by atoms with van der Waals surface area (Å²) in [5, 5.41) is 9.90. The van der Waals surface area contributed by atoms with E-state index in [1.807, 2.05) is 37.3 Å². The Balaban J connectivity index is 1.79. The average Bonchev–Trinajstić information content (AvgIpc) is 3.04. The monoisotopic (exact) mass is 318 g/mol.